The standard InChI is InChI=1S/C12H8Cl3F3N2/c1-6-2-3-7(4-9(6)14)20-11(15)8(5-13)10(19-20)12(16,17)18/h2-4H,5H2,1H3. The van der Waals surface area contributed by atoms with E-state index in [9.17, 15) is 13.2 Å². The molecule has 1 aromatic heterocycles. The van der Waals surface area contributed by atoms with Gasteiger partial charge in [-0.2, -0.15) is 18.3 Å². The number of aryl methyl sites for hydroxylation is 1. The summed E-state index contributed by atoms with van der Waals surface area (Å²) in [7, 11) is 0. The maximum atomic E-state index is 12.9. The molecule has 1 aromatic carbocycles. The van der Waals surface area contributed by atoms with Gasteiger partial charge in [-0.25, -0.2) is 4.68 Å². The van der Waals surface area contributed by atoms with Crippen LogP contribution in [0.15, 0.2) is 18.2 Å². The van der Waals surface area contributed by atoms with E-state index in [0.717, 1.165) is 10.2 Å². The summed E-state index contributed by atoms with van der Waals surface area (Å²) in [5, 5.41) is 3.75. The molecule has 8 heteroatoms. The Morgan fingerprint density at radius 2 is 1.90 bits per heavy atom. The van der Waals surface area contributed by atoms with Crippen LogP contribution in [0.5, 0.6) is 0 Å². The van der Waals surface area contributed by atoms with Crippen molar-refractivity contribution in [2.24, 2.45) is 0 Å². The number of aromatic nitrogens is 2. The molecular formula is C12H8Cl3F3N2. The van der Waals surface area contributed by atoms with E-state index in [-0.39, 0.29) is 16.6 Å². The van der Waals surface area contributed by atoms with Crippen molar-refractivity contribution in [3.63, 3.8) is 0 Å². The monoisotopic (exact) mass is 342 g/mol. The fourth-order valence-corrected chi connectivity index (χ4v) is 2.45. The van der Waals surface area contributed by atoms with Gasteiger partial charge in [0.05, 0.1) is 11.6 Å². The minimum atomic E-state index is -4.62. The zero-order valence-corrected chi connectivity index (χ0v) is 12.4. The number of hydrogen-bond donors (Lipinski definition) is 0. The molecule has 0 saturated heterocycles. The van der Waals surface area contributed by atoms with E-state index >= 15 is 0 Å². The van der Waals surface area contributed by atoms with Crippen molar-refractivity contribution in [3.8, 4) is 5.69 Å². The Morgan fingerprint density at radius 3 is 2.35 bits per heavy atom. The number of alkyl halides is 4. The Kier molecular flexibility index (Phi) is 4.23. The quantitative estimate of drug-likeness (QED) is 0.681. The Labute approximate surface area is 128 Å². The SMILES string of the molecule is Cc1ccc(-n2nc(C(F)(F)F)c(CCl)c2Cl)cc1Cl. The van der Waals surface area contributed by atoms with Crippen molar-refractivity contribution in [1.29, 1.82) is 0 Å². The second-order valence-corrected chi connectivity index (χ2v) is 5.13. The average molecular weight is 344 g/mol. The molecule has 0 aliphatic carbocycles. The van der Waals surface area contributed by atoms with Gasteiger partial charge in [0.1, 0.15) is 5.15 Å². The van der Waals surface area contributed by atoms with Gasteiger partial charge in [-0.15, -0.1) is 11.6 Å². The molecule has 0 fully saturated rings. The van der Waals surface area contributed by atoms with Crippen LogP contribution in [0, 0.1) is 6.92 Å². The summed E-state index contributed by atoms with van der Waals surface area (Å²) in [5.41, 5.74) is -0.202. The molecule has 0 saturated carbocycles. The smallest absolute Gasteiger partial charge is 0.221 e. The van der Waals surface area contributed by atoms with Gasteiger partial charge < -0.3 is 0 Å². The first kappa shape index (κ1) is 15.5. The minimum Gasteiger partial charge on any atom is -0.221 e. The second kappa shape index (κ2) is 5.47. The third kappa shape index (κ3) is 2.75. The first-order chi connectivity index (χ1) is 9.25. The van der Waals surface area contributed by atoms with Crippen LogP contribution in [-0.4, -0.2) is 9.78 Å². The molecule has 2 rings (SSSR count). The van der Waals surface area contributed by atoms with E-state index in [0.29, 0.717) is 10.7 Å². The fraction of sp³-hybridized carbons (Fsp3) is 0.250. The van der Waals surface area contributed by atoms with Crippen molar-refractivity contribution in [3.05, 3.63) is 45.2 Å². The van der Waals surface area contributed by atoms with Crippen LogP contribution in [-0.2, 0) is 12.1 Å². The average Bonchev–Trinajstić information content (AvgIpc) is 2.69. The number of rotatable bonds is 2. The highest BCUT2D eigenvalue weighted by Gasteiger charge is 2.38. The van der Waals surface area contributed by atoms with Gasteiger partial charge in [0.15, 0.2) is 5.69 Å². The normalized spacial score (nSPS) is 11.9. The molecule has 0 spiro atoms. The van der Waals surface area contributed by atoms with Gasteiger partial charge in [0.25, 0.3) is 0 Å². The third-order valence-electron chi connectivity index (χ3n) is 2.72. The van der Waals surface area contributed by atoms with Crippen molar-refractivity contribution in [2.45, 2.75) is 19.0 Å². The lowest BCUT2D eigenvalue weighted by Crippen LogP contribution is -2.09. The molecule has 2 aromatic rings. The van der Waals surface area contributed by atoms with Crippen LogP contribution in [0.25, 0.3) is 5.69 Å². The summed E-state index contributed by atoms with van der Waals surface area (Å²) in [6.07, 6.45) is -4.62. The molecular weight excluding hydrogens is 335 g/mol. The topological polar surface area (TPSA) is 17.8 Å². The van der Waals surface area contributed by atoms with Crippen molar-refractivity contribution < 1.29 is 13.2 Å². The van der Waals surface area contributed by atoms with E-state index in [2.05, 4.69) is 5.10 Å². The summed E-state index contributed by atoms with van der Waals surface area (Å²) in [6, 6.07) is 4.75. The Balaban J connectivity index is 2.63. The minimum absolute atomic E-state index is 0.174. The molecule has 20 heavy (non-hydrogen) atoms. The molecule has 1 heterocycles. The summed E-state index contributed by atoms with van der Waals surface area (Å²) >= 11 is 17.4. The number of nitrogens with zero attached hydrogens (tertiary/aromatic N) is 2. The van der Waals surface area contributed by atoms with Gasteiger partial charge in [-0.3, -0.25) is 0 Å². The fourth-order valence-electron chi connectivity index (χ4n) is 1.66. The van der Waals surface area contributed by atoms with E-state index in [1.807, 2.05) is 0 Å². The summed E-state index contributed by atoms with van der Waals surface area (Å²) in [5.74, 6) is -0.382. The van der Waals surface area contributed by atoms with Crippen LogP contribution in [0.3, 0.4) is 0 Å². The Morgan fingerprint density at radius 1 is 1.25 bits per heavy atom. The predicted octanol–water partition coefficient (Wildman–Crippen LogP) is 5.25. The van der Waals surface area contributed by atoms with E-state index < -0.39 is 11.9 Å². The third-order valence-corrected chi connectivity index (χ3v) is 3.79. The summed E-state index contributed by atoms with van der Waals surface area (Å²) in [4.78, 5) is 0. The largest absolute Gasteiger partial charge is 0.435 e. The van der Waals surface area contributed by atoms with Crippen LogP contribution >= 0.6 is 34.8 Å². The maximum Gasteiger partial charge on any atom is 0.435 e. The molecule has 0 N–H and O–H groups in total. The number of benzene rings is 1. The molecule has 0 atom stereocenters. The van der Waals surface area contributed by atoms with Crippen molar-refractivity contribution >= 4 is 34.8 Å². The molecule has 0 radical (unpaired) electrons. The first-order valence-electron chi connectivity index (χ1n) is 5.42. The van der Waals surface area contributed by atoms with Crippen molar-refractivity contribution in [2.75, 3.05) is 0 Å². The molecule has 0 aliphatic rings. The van der Waals surface area contributed by atoms with Crippen LogP contribution < -0.4 is 0 Å². The van der Waals surface area contributed by atoms with E-state index in [4.69, 9.17) is 34.8 Å². The van der Waals surface area contributed by atoms with Crippen molar-refractivity contribution in [1.82, 2.24) is 9.78 Å². The molecule has 108 valence electrons. The number of hydrogen-bond acceptors (Lipinski definition) is 1. The zero-order valence-electron chi connectivity index (χ0n) is 10.1. The number of halogens is 6. The van der Waals surface area contributed by atoms with Crippen LogP contribution in [0.4, 0.5) is 13.2 Å². The lowest BCUT2D eigenvalue weighted by Gasteiger charge is -2.05. The Bertz CT molecular complexity index is 650. The zero-order chi connectivity index (χ0) is 15.1. The highest BCUT2D eigenvalue weighted by atomic mass is 35.5. The lowest BCUT2D eigenvalue weighted by molar-refractivity contribution is -0.141. The summed E-state index contributed by atoms with van der Waals surface area (Å²) in [6.45, 7) is 1.78. The molecule has 0 unspecified atom stereocenters. The van der Waals surface area contributed by atoms with Gasteiger partial charge in [-0.05, 0) is 24.6 Å². The van der Waals surface area contributed by atoms with Crippen LogP contribution in [0.1, 0.15) is 16.8 Å². The van der Waals surface area contributed by atoms with Crippen LogP contribution in [0.2, 0.25) is 10.2 Å². The van der Waals surface area contributed by atoms with Gasteiger partial charge in [0, 0.05) is 10.6 Å². The van der Waals surface area contributed by atoms with E-state index in [1.165, 1.54) is 6.07 Å². The van der Waals surface area contributed by atoms with Gasteiger partial charge in [-0.1, -0.05) is 29.3 Å². The molecule has 2 nitrogen and oxygen atoms in total. The predicted molar refractivity (Wildman–Crippen MR) is 72.9 cm³/mol. The van der Waals surface area contributed by atoms with Gasteiger partial charge >= 0.3 is 6.18 Å². The summed E-state index contributed by atoms with van der Waals surface area (Å²) < 4.78 is 39.6. The first-order valence-corrected chi connectivity index (χ1v) is 6.72. The van der Waals surface area contributed by atoms with E-state index in [1.54, 1.807) is 19.1 Å². The van der Waals surface area contributed by atoms with Gasteiger partial charge in [0.2, 0.25) is 0 Å². The highest BCUT2D eigenvalue weighted by molar-refractivity contribution is 6.32. The molecule has 0 aliphatic heterocycles. The Hall–Kier alpha value is -0.910. The molecule has 0 bridgehead atoms. The lowest BCUT2D eigenvalue weighted by atomic mass is 10.2. The molecule has 0 amide bonds. The maximum absolute atomic E-state index is 12.9. The second-order valence-electron chi connectivity index (χ2n) is 4.09. The highest BCUT2D eigenvalue weighted by Crippen LogP contribution is 2.36.